The van der Waals surface area contributed by atoms with Crippen molar-refractivity contribution >= 4 is 68.2 Å². The zero-order chi connectivity index (χ0) is 34.9. The van der Waals surface area contributed by atoms with E-state index in [0.717, 1.165) is 44.5 Å². The van der Waals surface area contributed by atoms with Crippen LogP contribution >= 0.6 is 0 Å². The van der Waals surface area contributed by atoms with Crippen LogP contribution in [0.5, 0.6) is 0 Å². The number of carboxylic acids is 4. The molecular weight excluding hydrogens is 620 g/mol. The Kier molecular flexibility index (Phi) is 9.64. The third kappa shape index (κ3) is 7.07. The van der Waals surface area contributed by atoms with Crippen LogP contribution < -0.4 is 0 Å². The molecule has 0 atom stereocenters. The van der Waals surface area contributed by atoms with Gasteiger partial charge in [0.15, 0.2) is 0 Å². The molecule has 0 unspecified atom stereocenters. The molecule has 0 fully saturated rings. The highest BCUT2D eigenvalue weighted by molar-refractivity contribution is 5.96. The summed E-state index contributed by atoms with van der Waals surface area (Å²) < 4.78 is 0. The quantitative estimate of drug-likeness (QED) is 0.124. The highest BCUT2D eigenvalue weighted by Gasteiger charge is 2.22. The summed E-state index contributed by atoms with van der Waals surface area (Å²) in [4.78, 5) is 63.1. The second-order valence-electron chi connectivity index (χ2n) is 12.2. The molecule has 0 spiro atoms. The van der Waals surface area contributed by atoms with E-state index < -0.39 is 23.9 Å². The summed E-state index contributed by atoms with van der Waals surface area (Å²) in [6.45, 7) is 7.55. The smallest absolute Gasteiger partial charge is 0.303 e. The predicted molar refractivity (Wildman–Crippen MR) is 181 cm³/mol. The van der Waals surface area contributed by atoms with E-state index in [2.05, 4.69) is 9.97 Å². The molecule has 5 rings (SSSR count). The van der Waals surface area contributed by atoms with Crippen molar-refractivity contribution in [3.8, 4) is 0 Å². The molecule has 48 heavy (non-hydrogen) atoms. The summed E-state index contributed by atoms with van der Waals surface area (Å²) in [6.07, 6.45) is 0.606. The summed E-state index contributed by atoms with van der Waals surface area (Å²) in [6, 6.07) is 7.40. The highest BCUT2D eigenvalue weighted by Crippen LogP contribution is 2.37. The second-order valence-corrected chi connectivity index (χ2v) is 12.2. The van der Waals surface area contributed by atoms with Gasteiger partial charge in [-0.1, -0.05) is 0 Å². The van der Waals surface area contributed by atoms with E-state index in [9.17, 15) is 39.6 Å². The molecule has 0 aliphatic carbocycles. The van der Waals surface area contributed by atoms with Crippen molar-refractivity contribution in [3.63, 3.8) is 0 Å². The normalized spacial score (nSPS) is 12.9. The fourth-order valence-corrected chi connectivity index (χ4v) is 6.42. The van der Waals surface area contributed by atoms with Gasteiger partial charge >= 0.3 is 23.9 Å². The maximum absolute atomic E-state index is 11.6. The molecule has 3 aromatic rings. The van der Waals surface area contributed by atoms with Gasteiger partial charge in [0, 0.05) is 47.8 Å². The van der Waals surface area contributed by atoms with Gasteiger partial charge in [0.2, 0.25) is 0 Å². The van der Waals surface area contributed by atoms with Crippen LogP contribution in [0, 0.1) is 13.8 Å². The minimum atomic E-state index is -0.940. The number of rotatable bonds is 12. The van der Waals surface area contributed by atoms with Gasteiger partial charge in [-0.2, -0.15) is 0 Å². The number of carbonyl (C=O) groups is 4. The Hall–Kier alpha value is -5.52. The van der Waals surface area contributed by atoms with Crippen molar-refractivity contribution in [2.45, 2.75) is 79.1 Å². The standard InChI is InChI=1S/C36H38N4O8/c1-17-21(5-9-33(41)42)29-14-26-19(3)23(7-11-35(45)46)31(39-26)16-28-20(4)24(8-12-36(47)48)32(40-28)15-27-18(2)22(6-10-34(43)44)30(38-27)13-25(17)37-29/h13-16,37,40H,5-12H2,1-4H3,(H,41,42)(H,43,44)(H,45,46)(H,47,48)/i37+1,38+1,39+1,40+1. The van der Waals surface area contributed by atoms with Gasteiger partial charge in [-0.3, -0.25) is 19.2 Å². The molecule has 0 radical (unpaired) electrons. The van der Waals surface area contributed by atoms with E-state index >= 15 is 0 Å². The first-order valence-corrected chi connectivity index (χ1v) is 15.7. The second kappa shape index (κ2) is 13.7. The van der Waals surface area contributed by atoms with Crippen molar-refractivity contribution in [1.29, 1.82) is 0 Å². The summed E-state index contributed by atoms with van der Waals surface area (Å²) in [5, 5.41) is 38.0. The molecular formula is C36H38N4O8. The molecule has 2 aliphatic rings. The van der Waals surface area contributed by atoms with Gasteiger partial charge in [-0.25, -0.2) is 9.97 Å². The maximum atomic E-state index is 11.6. The Labute approximate surface area is 275 Å². The molecule has 0 amide bonds. The van der Waals surface area contributed by atoms with Crippen molar-refractivity contribution in [1.82, 2.24) is 19.9 Å². The van der Waals surface area contributed by atoms with E-state index in [1.54, 1.807) is 0 Å². The Morgan fingerprint density at radius 2 is 0.812 bits per heavy atom. The van der Waals surface area contributed by atoms with Gasteiger partial charge in [0.25, 0.3) is 0 Å². The first kappa shape index (κ1) is 33.8. The zero-order valence-corrected chi connectivity index (χ0v) is 27.3. The van der Waals surface area contributed by atoms with Crippen LogP contribution in [-0.4, -0.2) is 64.2 Å². The first-order chi connectivity index (χ1) is 22.7. The number of aromatic nitrogens is 4. The van der Waals surface area contributed by atoms with Crippen LogP contribution in [0.2, 0.25) is 0 Å². The number of fused-ring (bicyclic) bond motifs is 8. The van der Waals surface area contributed by atoms with Crippen molar-refractivity contribution < 1.29 is 39.6 Å². The van der Waals surface area contributed by atoms with Crippen LogP contribution in [0.15, 0.2) is 24.3 Å². The predicted octanol–water partition coefficient (Wildman–Crippen LogP) is 6.56. The van der Waals surface area contributed by atoms with Crippen LogP contribution in [0.25, 0.3) is 44.4 Å². The van der Waals surface area contributed by atoms with Crippen LogP contribution in [0.1, 0.15) is 97.4 Å². The molecule has 0 saturated carbocycles. The average Bonchev–Trinajstić information content (AvgIpc) is 3.66. The summed E-state index contributed by atoms with van der Waals surface area (Å²) >= 11 is 0. The fourth-order valence-electron chi connectivity index (χ4n) is 6.42. The van der Waals surface area contributed by atoms with E-state index in [1.165, 1.54) is 0 Å². The Morgan fingerprint density at radius 1 is 0.500 bits per heavy atom. The van der Waals surface area contributed by atoms with Crippen molar-refractivity contribution in [2.75, 3.05) is 0 Å². The van der Waals surface area contributed by atoms with E-state index in [0.29, 0.717) is 44.8 Å². The van der Waals surface area contributed by atoms with Gasteiger partial charge in [-0.15, -0.1) is 0 Å². The molecule has 2 aliphatic heterocycles. The number of hydrogen-bond donors (Lipinski definition) is 6. The molecule has 250 valence electrons. The Bertz CT molecular complexity index is 1950. The Morgan fingerprint density at radius 3 is 1.15 bits per heavy atom. The van der Waals surface area contributed by atoms with Gasteiger partial charge in [-0.05, 0) is 122 Å². The monoisotopic (exact) mass is 658 g/mol. The molecule has 0 saturated heterocycles. The number of aromatic amines is 2. The number of nitrogens with one attached hydrogen (secondary N) is 2. The number of aryl methyl sites for hydroxylation is 4. The van der Waals surface area contributed by atoms with Crippen molar-refractivity contribution in [3.05, 3.63) is 69.3 Å². The number of aliphatic carboxylic acids is 4. The average molecular weight is 659 g/mol. The van der Waals surface area contributed by atoms with Crippen LogP contribution in [-0.2, 0) is 32.0 Å². The number of allylic oxidation sites excluding steroid dienone is 4. The Balaban J connectivity index is 1.91. The lowest BCUT2D eigenvalue weighted by Gasteiger charge is -2.03. The summed E-state index contributed by atoms with van der Waals surface area (Å²) in [5.74, 6) is -3.75. The van der Waals surface area contributed by atoms with Gasteiger partial charge < -0.3 is 30.4 Å². The lowest BCUT2D eigenvalue weighted by Crippen LogP contribution is -1.98. The SMILES string of the molecule is CC1=C(CCC(=O)O)c2cc3[15nH]c(cc4[15n]c(cc5[15nH]c(cc1[15n]2)c(CCC(=O)O)c5C)C(CCC(=O)O)=C4C)c(CCC(=O)O)c3C. The third-order valence-electron chi connectivity index (χ3n) is 9.16. The lowest BCUT2D eigenvalue weighted by molar-refractivity contribution is -0.138. The van der Waals surface area contributed by atoms with Crippen molar-refractivity contribution in [2.24, 2.45) is 0 Å². The van der Waals surface area contributed by atoms with Gasteiger partial charge in [0.1, 0.15) is 0 Å². The fraction of sp³-hybridized carbons (Fsp3) is 0.333. The zero-order valence-electron chi connectivity index (χ0n) is 27.3. The van der Waals surface area contributed by atoms with Crippen LogP contribution in [0.3, 0.4) is 0 Å². The van der Waals surface area contributed by atoms with Crippen LogP contribution in [0.4, 0.5) is 0 Å². The van der Waals surface area contributed by atoms with E-state index in [1.807, 2.05) is 52.0 Å². The molecule has 3 aromatic heterocycles. The molecule has 8 bridgehead atoms. The molecule has 5 heterocycles. The number of carboxylic acid groups (broad SMARTS) is 4. The van der Waals surface area contributed by atoms with E-state index in [-0.39, 0.29) is 51.4 Å². The lowest BCUT2D eigenvalue weighted by atomic mass is 9.99. The first-order valence-electron chi connectivity index (χ1n) is 15.7. The highest BCUT2D eigenvalue weighted by atomic mass is 16.4. The minimum Gasteiger partial charge on any atom is -0.481 e. The largest absolute Gasteiger partial charge is 0.481 e. The van der Waals surface area contributed by atoms with E-state index in [4.69, 9.17) is 9.97 Å². The summed E-state index contributed by atoms with van der Waals surface area (Å²) in [5.41, 5.74) is 11.4. The summed E-state index contributed by atoms with van der Waals surface area (Å²) in [7, 11) is 0. The maximum Gasteiger partial charge on any atom is 0.303 e. The minimum absolute atomic E-state index is 0.0928. The van der Waals surface area contributed by atoms with Gasteiger partial charge in [0.05, 0.1) is 22.8 Å². The molecule has 12 nitrogen and oxygen atoms in total. The molecule has 6 N–H and O–H groups in total. The molecule has 0 aromatic carbocycles. The number of H-pyrrole nitrogens is 2. The number of hydrogen-bond acceptors (Lipinski definition) is 6. The molecule has 12 heteroatoms. The topological polar surface area (TPSA) is 207 Å². The number of nitrogens with zero attached hydrogens (tertiary/aromatic N) is 2. The third-order valence-corrected chi connectivity index (χ3v) is 9.16.